The van der Waals surface area contributed by atoms with Crippen molar-refractivity contribution < 1.29 is 17.4 Å². The van der Waals surface area contributed by atoms with Crippen molar-refractivity contribution >= 4 is 15.9 Å². The Hall–Kier alpha value is -1.98. The topological polar surface area (TPSA) is 60.4 Å². The van der Waals surface area contributed by atoms with Gasteiger partial charge in [0.15, 0.2) is 0 Å². The Kier molecular flexibility index (Phi) is 4.24. The molecule has 4 nitrogen and oxygen atoms in total. The minimum absolute atomic E-state index is 0.126. The average molecular weight is 370 g/mol. The van der Waals surface area contributed by atoms with Crippen LogP contribution in [0.15, 0.2) is 53.4 Å². The van der Waals surface area contributed by atoms with Crippen molar-refractivity contribution in [1.82, 2.24) is 0 Å². The maximum absolute atomic E-state index is 12.6. The lowest BCUT2D eigenvalue weighted by Crippen LogP contribution is -2.42. The summed E-state index contributed by atoms with van der Waals surface area (Å²) in [5, 5.41) is 0. The molecule has 2 aromatic rings. The summed E-state index contributed by atoms with van der Waals surface area (Å²) in [6, 6.07) is 14.7. The zero-order chi connectivity index (χ0) is 18.4. The molecule has 2 atom stereocenters. The summed E-state index contributed by atoms with van der Waals surface area (Å²) in [5.74, 6) is 0.133. The molecule has 1 unspecified atom stereocenters. The lowest BCUT2D eigenvalue weighted by molar-refractivity contribution is -0.125. The van der Waals surface area contributed by atoms with Gasteiger partial charge >= 0.3 is 0 Å². The highest BCUT2D eigenvalue weighted by Gasteiger charge is 2.46. The minimum atomic E-state index is -3.79. The number of rotatable bonds is 4. The van der Waals surface area contributed by atoms with Crippen molar-refractivity contribution in [2.24, 2.45) is 5.41 Å². The monoisotopic (exact) mass is 370 g/mol. The van der Waals surface area contributed by atoms with E-state index in [0.29, 0.717) is 19.3 Å². The first-order valence-corrected chi connectivity index (χ1v) is 10.4. The van der Waals surface area contributed by atoms with Crippen LogP contribution in [-0.4, -0.2) is 20.8 Å². The van der Waals surface area contributed by atoms with Crippen LogP contribution in [-0.2, 0) is 25.5 Å². The van der Waals surface area contributed by atoms with Gasteiger partial charge in [-0.1, -0.05) is 42.0 Å². The highest BCUT2D eigenvalue weighted by atomic mass is 32.2. The molecule has 0 heterocycles. The number of ketones is 1. The number of aryl methyl sites for hydroxylation is 1. The molecule has 2 bridgehead atoms. The van der Waals surface area contributed by atoms with Gasteiger partial charge < -0.3 is 0 Å². The number of hydrogen-bond donors (Lipinski definition) is 0. The van der Waals surface area contributed by atoms with Crippen LogP contribution in [0.2, 0.25) is 0 Å². The van der Waals surface area contributed by atoms with E-state index in [4.69, 9.17) is 4.18 Å². The molecule has 136 valence electrons. The van der Waals surface area contributed by atoms with Gasteiger partial charge in [0.1, 0.15) is 5.78 Å². The van der Waals surface area contributed by atoms with Crippen molar-refractivity contribution in [3.8, 4) is 0 Å². The van der Waals surface area contributed by atoms with E-state index >= 15 is 0 Å². The molecule has 1 saturated carbocycles. The van der Waals surface area contributed by atoms with Crippen LogP contribution in [0.1, 0.15) is 41.9 Å². The Morgan fingerprint density at radius 2 is 1.85 bits per heavy atom. The summed E-state index contributed by atoms with van der Waals surface area (Å²) >= 11 is 0. The summed E-state index contributed by atoms with van der Waals surface area (Å²) in [6.07, 6.45) is 2.61. The number of hydrogen-bond acceptors (Lipinski definition) is 4. The molecule has 26 heavy (non-hydrogen) atoms. The van der Waals surface area contributed by atoms with E-state index in [1.165, 1.54) is 0 Å². The van der Waals surface area contributed by atoms with Gasteiger partial charge in [0.2, 0.25) is 0 Å². The van der Waals surface area contributed by atoms with Crippen LogP contribution in [0.4, 0.5) is 0 Å². The molecule has 0 N–H and O–H groups in total. The van der Waals surface area contributed by atoms with E-state index in [1.54, 1.807) is 24.3 Å². The molecule has 2 aliphatic carbocycles. The summed E-state index contributed by atoms with van der Waals surface area (Å²) in [7, 11) is -3.79. The van der Waals surface area contributed by atoms with Gasteiger partial charge in [0, 0.05) is 17.8 Å². The molecule has 0 aliphatic heterocycles. The van der Waals surface area contributed by atoms with E-state index in [1.807, 2.05) is 31.2 Å². The quantitative estimate of drug-likeness (QED) is 0.769. The van der Waals surface area contributed by atoms with E-state index in [9.17, 15) is 13.2 Å². The highest BCUT2D eigenvalue weighted by molar-refractivity contribution is 7.86. The summed E-state index contributed by atoms with van der Waals surface area (Å²) in [5.41, 5.74) is 2.97. The number of benzene rings is 2. The first-order chi connectivity index (χ1) is 12.4. The van der Waals surface area contributed by atoms with Crippen LogP contribution in [0.5, 0.6) is 0 Å². The Morgan fingerprint density at radius 1 is 1.12 bits per heavy atom. The smallest absolute Gasteiger partial charge is 0.296 e. The predicted octanol–water partition coefficient (Wildman–Crippen LogP) is 3.78. The predicted molar refractivity (Wildman–Crippen MR) is 98.5 cm³/mol. The largest absolute Gasteiger partial charge is 0.299 e. The summed E-state index contributed by atoms with van der Waals surface area (Å²) in [6.45, 7) is 2.04. The first-order valence-electron chi connectivity index (χ1n) is 8.95. The number of carbonyl (C=O) groups excluding carboxylic acids is 1. The van der Waals surface area contributed by atoms with Crippen LogP contribution in [0.25, 0.3) is 0 Å². The SMILES string of the molecule is Cc1ccc(S(=O)(=O)OC[C@@]23CCC(=O)C(C2)c2ccccc2C3)cc1. The third-order valence-corrected chi connectivity index (χ3v) is 7.03. The standard InChI is InChI=1S/C21H22O4S/c1-15-6-8-17(9-7-15)26(23,24)25-14-21-11-10-20(22)19(13-21)18-5-3-2-4-16(18)12-21/h2-9,19H,10-14H2,1H3/t19?,21-/m1/s1. The van der Waals surface area contributed by atoms with Crippen LogP contribution in [0, 0.1) is 12.3 Å². The van der Waals surface area contributed by atoms with Gasteiger partial charge in [-0.05, 0) is 49.4 Å². The fourth-order valence-electron chi connectivity index (χ4n) is 4.25. The fraction of sp³-hybridized carbons (Fsp3) is 0.381. The molecular weight excluding hydrogens is 348 g/mol. The lowest BCUT2D eigenvalue weighted by atomic mass is 9.60. The van der Waals surface area contributed by atoms with Crippen molar-refractivity contribution in [3.05, 3.63) is 65.2 Å². The van der Waals surface area contributed by atoms with E-state index in [2.05, 4.69) is 0 Å². The summed E-state index contributed by atoms with van der Waals surface area (Å²) < 4.78 is 30.6. The number of fused-ring (bicyclic) bond motifs is 4. The molecule has 2 aromatic carbocycles. The Balaban J connectivity index is 1.58. The average Bonchev–Trinajstić information content (AvgIpc) is 2.64. The number of Topliss-reactive ketones (excluding diaryl/α,β-unsaturated/α-hetero) is 1. The first kappa shape index (κ1) is 17.4. The minimum Gasteiger partial charge on any atom is -0.299 e. The van der Waals surface area contributed by atoms with E-state index in [0.717, 1.165) is 23.1 Å². The van der Waals surface area contributed by atoms with Crippen LogP contribution >= 0.6 is 0 Å². The fourth-order valence-corrected chi connectivity index (χ4v) is 5.26. The third-order valence-electron chi connectivity index (χ3n) is 5.75. The number of carbonyl (C=O) groups is 1. The summed E-state index contributed by atoms with van der Waals surface area (Å²) in [4.78, 5) is 12.6. The Bertz CT molecular complexity index is 946. The second-order valence-corrected chi connectivity index (χ2v) is 9.24. The molecule has 0 amide bonds. The second kappa shape index (κ2) is 6.32. The van der Waals surface area contributed by atoms with Gasteiger partial charge in [0.05, 0.1) is 11.5 Å². The van der Waals surface area contributed by atoms with Gasteiger partial charge in [-0.2, -0.15) is 8.42 Å². The van der Waals surface area contributed by atoms with Crippen molar-refractivity contribution in [1.29, 1.82) is 0 Å². The van der Waals surface area contributed by atoms with Gasteiger partial charge in [-0.3, -0.25) is 8.98 Å². The van der Waals surface area contributed by atoms with Gasteiger partial charge in [-0.15, -0.1) is 0 Å². The molecule has 0 aromatic heterocycles. The van der Waals surface area contributed by atoms with Crippen LogP contribution < -0.4 is 0 Å². The zero-order valence-electron chi connectivity index (χ0n) is 14.8. The maximum atomic E-state index is 12.6. The molecule has 2 aliphatic rings. The third kappa shape index (κ3) is 3.10. The van der Waals surface area contributed by atoms with Crippen molar-refractivity contribution in [3.63, 3.8) is 0 Å². The Labute approximate surface area is 154 Å². The Morgan fingerprint density at radius 3 is 2.62 bits per heavy atom. The molecule has 4 rings (SSSR count). The van der Waals surface area contributed by atoms with Crippen LogP contribution in [0.3, 0.4) is 0 Å². The molecule has 1 fully saturated rings. The van der Waals surface area contributed by atoms with E-state index in [-0.39, 0.29) is 28.6 Å². The molecule has 0 radical (unpaired) electrons. The normalized spacial score (nSPS) is 25.0. The molecule has 0 saturated heterocycles. The zero-order valence-corrected chi connectivity index (χ0v) is 15.6. The highest BCUT2D eigenvalue weighted by Crippen LogP contribution is 2.50. The van der Waals surface area contributed by atoms with Crippen molar-refractivity contribution in [2.75, 3.05) is 6.61 Å². The van der Waals surface area contributed by atoms with Gasteiger partial charge in [0.25, 0.3) is 10.1 Å². The van der Waals surface area contributed by atoms with Crippen molar-refractivity contribution in [2.45, 2.75) is 43.4 Å². The molecular formula is C21H22O4S. The lowest BCUT2D eigenvalue weighted by Gasteiger charge is -2.44. The molecule has 5 heteroatoms. The maximum Gasteiger partial charge on any atom is 0.296 e. The van der Waals surface area contributed by atoms with Gasteiger partial charge in [-0.25, -0.2) is 0 Å². The molecule has 0 spiro atoms. The van der Waals surface area contributed by atoms with E-state index < -0.39 is 10.1 Å². The second-order valence-electron chi connectivity index (χ2n) is 7.63.